The van der Waals surface area contributed by atoms with E-state index in [1.807, 2.05) is 0 Å². The summed E-state index contributed by atoms with van der Waals surface area (Å²) < 4.78 is 45.4. The van der Waals surface area contributed by atoms with E-state index < -0.39 is 12.4 Å². The molecule has 2 N–H and O–H groups in total. The zero-order valence-corrected chi connectivity index (χ0v) is 9.61. The topological polar surface area (TPSA) is 44.5 Å². The van der Waals surface area contributed by atoms with Gasteiger partial charge in [-0.3, -0.25) is 0 Å². The van der Waals surface area contributed by atoms with Crippen molar-refractivity contribution in [3.05, 3.63) is 29.8 Å². The normalized spacial score (nSPS) is 17.6. The third-order valence-electron chi connectivity index (χ3n) is 2.56. The van der Waals surface area contributed by atoms with E-state index in [4.69, 9.17) is 10.5 Å². The summed E-state index contributed by atoms with van der Waals surface area (Å²) in [5.74, 6) is -0.262. The predicted molar refractivity (Wildman–Crippen MR) is 59.0 cm³/mol. The molecule has 1 atom stereocenters. The van der Waals surface area contributed by atoms with Gasteiger partial charge in [-0.05, 0) is 30.5 Å². The molecule has 0 amide bonds. The summed E-state index contributed by atoms with van der Waals surface area (Å²) in [6.07, 6.45) is -2.35. The fraction of sp³-hybridized carbons (Fsp3) is 0.500. The van der Waals surface area contributed by atoms with E-state index in [9.17, 15) is 13.2 Å². The monoisotopic (exact) mass is 261 g/mol. The SMILES string of the molecule is NC(COC1CC1)c1cccc(OC(F)(F)F)c1. The molecule has 0 spiro atoms. The number of hydrogen-bond donors (Lipinski definition) is 1. The summed E-state index contributed by atoms with van der Waals surface area (Å²) in [4.78, 5) is 0. The van der Waals surface area contributed by atoms with Crippen LogP contribution in [0.3, 0.4) is 0 Å². The number of alkyl halides is 3. The van der Waals surface area contributed by atoms with Crippen molar-refractivity contribution in [3.8, 4) is 5.75 Å². The van der Waals surface area contributed by atoms with Gasteiger partial charge in [-0.15, -0.1) is 13.2 Å². The molecular formula is C12H14F3NO2. The zero-order chi connectivity index (χ0) is 13.2. The molecule has 0 bridgehead atoms. The molecule has 1 aromatic rings. The van der Waals surface area contributed by atoms with Crippen molar-refractivity contribution in [1.29, 1.82) is 0 Å². The number of benzene rings is 1. The maximum Gasteiger partial charge on any atom is 0.573 e. The fourth-order valence-corrected chi connectivity index (χ4v) is 1.51. The van der Waals surface area contributed by atoms with Crippen LogP contribution >= 0.6 is 0 Å². The van der Waals surface area contributed by atoms with Crippen LogP contribution in [0.5, 0.6) is 5.75 Å². The van der Waals surface area contributed by atoms with E-state index in [2.05, 4.69) is 4.74 Å². The lowest BCUT2D eigenvalue weighted by Gasteiger charge is -2.14. The van der Waals surface area contributed by atoms with Gasteiger partial charge in [-0.2, -0.15) is 0 Å². The van der Waals surface area contributed by atoms with Gasteiger partial charge in [-0.1, -0.05) is 12.1 Å². The highest BCUT2D eigenvalue weighted by Crippen LogP contribution is 2.27. The summed E-state index contributed by atoms with van der Waals surface area (Å²) in [5.41, 5.74) is 6.41. The minimum atomic E-state index is -4.69. The summed E-state index contributed by atoms with van der Waals surface area (Å²) >= 11 is 0. The highest BCUT2D eigenvalue weighted by atomic mass is 19.4. The lowest BCUT2D eigenvalue weighted by Crippen LogP contribution is -2.19. The van der Waals surface area contributed by atoms with Gasteiger partial charge in [0, 0.05) is 0 Å². The van der Waals surface area contributed by atoms with Crippen LogP contribution in [0.1, 0.15) is 24.4 Å². The Kier molecular flexibility index (Phi) is 3.77. The lowest BCUT2D eigenvalue weighted by molar-refractivity contribution is -0.274. The maximum atomic E-state index is 12.1. The molecule has 0 saturated heterocycles. The fourth-order valence-electron chi connectivity index (χ4n) is 1.51. The van der Waals surface area contributed by atoms with Crippen molar-refractivity contribution < 1.29 is 22.6 Å². The molecule has 0 aliphatic heterocycles. The van der Waals surface area contributed by atoms with Gasteiger partial charge >= 0.3 is 6.36 Å². The van der Waals surface area contributed by atoms with Crippen molar-refractivity contribution in [2.45, 2.75) is 31.3 Å². The van der Waals surface area contributed by atoms with Crippen LogP contribution in [0.25, 0.3) is 0 Å². The van der Waals surface area contributed by atoms with Crippen molar-refractivity contribution in [2.75, 3.05) is 6.61 Å². The Morgan fingerprint density at radius 1 is 1.33 bits per heavy atom. The molecule has 18 heavy (non-hydrogen) atoms. The van der Waals surface area contributed by atoms with Crippen LogP contribution in [0, 0.1) is 0 Å². The number of halogens is 3. The maximum absolute atomic E-state index is 12.1. The molecule has 1 aromatic carbocycles. The minimum absolute atomic E-state index is 0.262. The molecule has 0 radical (unpaired) electrons. The summed E-state index contributed by atoms with van der Waals surface area (Å²) in [6, 6.07) is 5.22. The van der Waals surface area contributed by atoms with E-state index in [-0.39, 0.29) is 11.9 Å². The van der Waals surface area contributed by atoms with E-state index >= 15 is 0 Å². The Morgan fingerprint density at radius 2 is 2.06 bits per heavy atom. The van der Waals surface area contributed by atoms with Gasteiger partial charge in [0.05, 0.1) is 18.8 Å². The zero-order valence-electron chi connectivity index (χ0n) is 9.61. The molecule has 6 heteroatoms. The Balaban J connectivity index is 1.96. The van der Waals surface area contributed by atoms with E-state index in [1.165, 1.54) is 18.2 Å². The van der Waals surface area contributed by atoms with Crippen molar-refractivity contribution in [1.82, 2.24) is 0 Å². The first-order valence-corrected chi connectivity index (χ1v) is 5.67. The summed E-state index contributed by atoms with van der Waals surface area (Å²) in [7, 11) is 0. The van der Waals surface area contributed by atoms with Crippen LogP contribution in [0.15, 0.2) is 24.3 Å². The standard InChI is InChI=1S/C12H14F3NO2/c13-12(14,15)18-10-3-1-2-8(6-10)11(16)7-17-9-4-5-9/h1-3,6,9,11H,4-5,7,16H2. The van der Waals surface area contributed by atoms with Gasteiger partial charge in [0.1, 0.15) is 5.75 Å². The number of hydrogen-bond acceptors (Lipinski definition) is 3. The Labute approximate surface area is 103 Å². The third-order valence-corrected chi connectivity index (χ3v) is 2.56. The second-order valence-electron chi connectivity index (χ2n) is 4.26. The minimum Gasteiger partial charge on any atom is -0.406 e. The van der Waals surface area contributed by atoms with Gasteiger partial charge < -0.3 is 15.2 Å². The average Bonchev–Trinajstić information content (AvgIpc) is 3.07. The van der Waals surface area contributed by atoms with Gasteiger partial charge in [-0.25, -0.2) is 0 Å². The molecular weight excluding hydrogens is 247 g/mol. The first-order chi connectivity index (χ1) is 8.44. The van der Waals surface area contributed by atoms with Crippen LogP contribution in [-0.4, -0.2) is 19.1 Å². The smallest absolute Gasteiger partial charge is 0.406 e. The highest BCUT2D eigenvalue weighted by Gasteiger charge is 2.31. The van der Waals surface area contributed by atoms with Crippen LogP contribution in [0.4, 0.5) is 13.2 Å². The molecule has 3 nitrogen and oxygen atoms in total. The van der Waals surface area contributed by atoms with Crippen molar-refractivity contribution in [2.24, 2.45) is 5.73 Å². The highest BCUT2D eigenvalue weighted by molar-refractivity contribution is 5.30. The Morgan fingerprint density at radius 3 is 2.67 bits per heavy atom. The largest absolute Gasteiger partial charge is 0.573 e. The van der Waals surface area contributed by atoms with Gasteiger partial charge in [0.25, 0.3) is 0 Å². The summed E-state index contributed by atoms with van der Waals surface area (Å²) in [5, 5.41) is 0. The quantitative estimate of drug-likeness (QED) is 0.886. The molecule has 0 heterocycles. The molecule has 100 valence electrons. The van der Waals surface area contributed by atoms with E-state index in [0.717, 1.165) is 12.8 Å². The molecule has 1 unspecified atom stereocenters. The number of nitrogens with two attached hydrogens (primary N) is 1. The summed E-state index contributed by atoms with van der Waals surface area (Å²) in [6.45, 7) is 0.306. The number of ether oxygens (including phenoxy) is 2. The van der Waals surface area contributed by atoms with Crippen LogP contribution in [-0.2, 0) is 4.74 Å². The van der Waals surface area contributed by atoms with E-state index in [1.54, 1.807) is 6.07 Å². The molecule has 1 saturated carbocycles. The predicted octanol–water partition coefficient (Wildman–Crippen LogP) is 2.76. The lowest BCUT2D eigenvalue weighted by atomic mass is 10.1. The van der Waals surface area contributed by atoms with Crippen molar-refractivity contribution in [3.63, 3.8) is 0 Å². The first kappa shape index (κ1) is 13.2. The molecule has 1 fully saturated rings. The Bertz CT molecular complexity index is 405. The first-order valence-electron chi connectivity index (χ1n) is 5.67. The second-order valence-corrected chi connectivity index (χ2v) is 4.26. The third kappa shape index (κ3) is 4.19. The van der Waals surface area contributed by atoms with Crippen LogP contribution in [0.2, 0.25) is 0 Å². The average molecular weight is 261 g/mol. The molecule has 0 aromatic heterocycles. The van der Waals surface area contributed by atoms with Crippen molar-refractivity contribution >= 4 is 0 Å². The van der Waals surface area contributed by atoms with Crippen LogP contribution < -0.4 is 10.5 Å². The molecule has 1 aliphatic rings. The van der Waals surface area contributed by atoms with E-state index in [0.29, 0.717) is 12.2 Å². The number of rotatable bonds is 5. The van der Waals surface area contributed by atoms with Gasteiger partial charge in [0.15, 0.2) is 0 Å². The molecule has 1 aliphatic carbocycles. The molecule has 2 rings (SSSR count). The van der Waals surface area contributed by atoms with Gasteiger partial charge in [0.2, 0.25) is 0 Å². The Hall–Kier alpha value is -1.27. The second kappa shape index (κ2) is 5.16.